The molecule has 2 aliphatic heterocycles. The van der Waals surface area contributed by atoms with E-state index in [1.165, 1.54) is 43.3 Å². The molecule has 0 amide bonds. The van der Waals surface area contributed by atoms with E-state index >= 15 is 0 Å². The van der Waals surface area contributed by atoms with Gasteiger partial charge in [-0.15, -0.1) is 0 Å². The van der Waals surface area contributed by atoms with Crippen LogP contribution < -0.4 is 0 Å². The second kappa shape index (κ2) is 12.3. The number of likely N-dealkylation sites (tertiary alicyclic amines) is 1. The minimum atomic E-state index is -6.72. The average molecular weight is 539 g/mol. The fraction of sp³-hybridized carbons (Fsp3) is 1.00. The highest BCUT2D eigenvalue weighted by atomic mass is 32.3. The summed E-state index contributed by atoms with van der Waals surface area (Å²) in [6.45, 7) is 7.38. The molecular weight excluding hydrogens is 510 g/mol. The molecule has 0 bridgehead atoms. The Morgan fingerprint density at radius 3 is 1.82 bits per heavy atom. The largest absolute Gasteiger partial charge is 0.480 e. The molecule has 33 heavy (non-hydrogen) atoms. The summed E-state index contributed by atoms with van der Waals surface area (Å²) in [5, 5.41) is 0. The first kappa shape index (κ1) is 30.3. The predicted molar refractivity (Wildman–Crippen MR) is 104 cm³/mol. The molecule has 0 N–H and O–H groups in total. The van der Waals surface area contributed by atoms with Crippen molar-refractivity contribution in [1.82, 2.24) is 0 Å². The Bertz CT molecular complexity index is 749. The van der Waals surface area contributed by atoms with Crippen LogP contribution in [-0.4, -0.2) is 91.7 Å². The molecule has 198 valence electrons. The van der Waals surface area contributed by atoms with E-state index in [4.69, 9.17) is 14.2 Å². The summed E-state index contributed by atoms with van der Waals surface area (Å²) < 4.78 is 127. The van der Waals surface area contributed by atoms with Crippen LogP contribution in [0.15, 0.2) is 0 Å². The molecule has 0 aromatic heterocycles. The molecule has 0 radical (unpaired) electrons. The van der Waals surface area contributed by atoms with E-state index < -0.39 is 31.1 Å². The van der Waals surface area contributed by atoms with Gasteiger partial charge in [0.05, 0.1) is 26.3 Å². The number of rotatable bonds is 9. The number of halogens is 6. The monoisotopic (exact) mass is 538 g/mol. The number of hydrogen-bond donors (Lipinski definition) is 0. The Labute approximate surface area is 189 Å². The highest BCUT2D eigenvalue weighted by Crippen LogP contribution is 2.36. The van der Waals surface area contributed by atoms with Crippen LogP contribution >= 0.6 is 0 Å². The molecule has 2 aliphatic rings. The van der Waals surface area contributed by atoms with E-state index in [2.05, 4.69) is 0 Å². The second-order valence-corrected chi connectivity index (χ2v) is 10.9. The van der Waals surface area contributed by atoms with Gasteiger partial charge in [-0.2, -0.15) is 26.3 Å². The molecule has 0 aromatic carbocycles. The van der Waals surface area contributed by atoms with Crippen LogP contribution in [0.2, 0.25) is 0 Å². The third-order valence-electron chi connectivity index (χ3n) is 5.07. The maximum absolute atomic E-state index is 11.4. The van der Waals surface area contributed by atoms with Crippen molar-refractivity contribution in [2.24, 2.45) is 0 Å². The van der Waals surface area contributed by atoms with Gasteiger partial charge in [0.1, 0.15) is 13.1 Å². The van der Waals surface area contributed by atoms with Gasteiger partial charge in [0, 0.05) is 26.6 Å². The first-order valence-electron chi connectivity index (χ1n) is 9.99. The van der Waals surface area contributed by atoms with Crippen molar-refractivity contribution in [3.63, 3.8) is 0 Å². The van der Waals surface area contributed by atoms with Gasteiger partial charge in [0.2, 0.25) is 0 Å². The normalized spacial score (nSPS) is 22.0. The van der Waals surface area contributed by atoms with Crippen LogP contribution in [0.1, 0.15) is 32.1 Å². The molecule has 2 rings (SSSR count). The zero-order valence-corrected chi connectivity index (χ0v) is 19.5. The zero-order valence-electron chi connectivity index (χ0n) is 17.9. The van der Waals surface area contributed by atoms with Gasteiger partial charge in [-0.05, 0) is 19.3 Å². The van der Waals surface area contributed by atoms with Gasteiger partial charge >= 0.3 is 11.0 Å². The van der Waals surface area contributed by atoms with Crippen LogP contribution in [0.25, 0.3) is 4.13 Å². The van der Waals surface area contributed by atoms with Crippen molar-refractivity contribution >= 4 is 20.0 Å². The van der Waals surface area contributed by atoms with Crippen molar-refractivity contribution in [2.75, 3.05) is 53.1 Å². The van der Waals surface area contributed by atoms with E-state index in [9.17, 15) is 43.2 Å². The predicted octanol–water partition coefficient (Wildman–Crippen LogP) is 2.85. The van der Waals surface area contributed by atoms with E-state index in [0.717, 1.165) is 43.5 Å². The number of ether oxygens (including phenoxy) is 3. The first-order valence-corrected chi connectivity index (χ1v) is 12.9. The molecule has 2 fully saturated rings. The first-order chi connectivity index (χ1) is 15.1. The maximum atomic E-state index is 11.4. The Balaban J connectivity index is 0.000000337. The number of nitrogens with zero attached hydrogens (tertiary/aromatic N) is 2. The number of methoxy groups -OCH3 is 1. The third-order valence-corrected chi connectivity index (χ3v) is 7.81. The maximum Gasteiger partial charge on any atom is 0.480 e. The van der Waals surface area contributed by atoms with Crippen molar-refractivity contribution in [3.8, 4) is 0 Å². The Morgan fingerprint density at radius 2 is 1.39 bits per heavy atom. The Kier molecular flexibility index (Phi) is 11.3. The zero-order chi connectivity index (χ0) is 25.4. The summed E-state index contributed by atoms with van der Waals surface area (Å²) in [4.78, 5) is 0. The lowest BCUT2D eigenvalue weighted by atomic mass is 10.2. The summed E-state index contributed by atoms with van der Waals surface area (Å²) in [6, 6.07) is 0. The van der Waals surface area contributed by atoms with Crippen molar-refractivity contribution in [1.29, 1.82) is 0 Å². The SMILES string of the molecule is COCC[N+]1(CCOC2CCCCO2)CCCC1.O=S(=O)([N-]S(=O)(=O)C(F)(F)F)C(F)(F)F. The summed E-state index contributed by atoms with van der Waals surface area (Å²) in [7, 11) is -11.7. The number of sulfonamides is 2. The van der Waals surface area contributed by atoms with Gasteiger partial charge in [-0.25, -0.2) is 16.8 Å². The molecule has 0 aromatic rings. The van der Waals surface area contributed by atoms with Gasteiger partial charge in [0.15, 0.2) is 26.3 Å². The average Bonchev–Trinajstić information content (AvgIpc) is 3.14. The fourth-order valence-corrected chi connectivity index (χ4v) is 4.99. The quantitative estimate of drug-likeness (QED) is 0.328. The second-order valence-electron chi connectivity index (χ2n) is 7.52. The standard InChI is InChI=1S/C14H28NO3.C2F6NO4S2/c1-16-12-9-15(7-3-4-8-15)10-13-18-14-6-2-5-11-17-14;3-1(4,5)14(10,11)9-15(12,13)2(6,7)8/h14H,2-13H2,1H3;/q+1;-1. The minimum Gasteiger partial charge on any atom is -0.421 e. The molecule has 0 spiro atoms. The molecule has 0 saturated carbocycles. The Morgan fingerprint density at radius 1 is 0.879 bits per heavy atom. The molecule has 9 nitrogen and oxygen atoms in total. The summed E-state index contributed by atoms with van der Waals surface area (Å²) >= 11 is 0. The van der Waals surface area contributed by atoms with Crippen molar-refractivity contribution in [3.05, 3.63) is 4.13 Å². The van der Waals surface area contributed by atoms with Crippen LogP contribution in [0, 0.1) is 0 Å². The van der Waals surface area contributed by atoms with Crippen molar-refractivity contribution < 1.29 is 61.9 Å². The van der Waals surface area contributed by atoms with E-state index in [1.807, 2.05) is 0 Å². The molecule has 2 heterocycles. The minimum absolute atomic E-state index is 0.0591. The number of quaternary nitrogens is 1. The molecule has 0 aliphatic carbocycles. The molecule has 1 atom stereocenters. The highest BCUT2D eigenvalue weighted by Gasteiger charge is 2.47. The van der Waals surface area contributed by atoms with Crippen LogP contribution in [0.4, 0.5) is 26.3 Å². The Hall–Kier alpha value is -0.720. The van der Waals surface area contributed by atoms with E-state index in [-0.39, 0.29) is 6.29 Å². The smallest absolute Gasteiger partial charge is 0.421 e. The highest BCUT2D eigenvalue weighted by molar-refractivity contribution is 8.13. The summed E-state index contributed by atoms with van der Waals surface area (Å²) in [5.74, 6) is 0. The van der Waals surface area contributed by atoms with Crippen molar-refractivity contribution in [2.45, 2.75) is 49.4 Å². The summed E-state index contributed by atoms with van der Waals surface area (Å²) in [5.41, 5.74) is -12.4. The van der Waals surface area contributed by atoms with Gasteiger partial charge < -0.3 is 22.8 Å². The number of alkyl halides is 6. The molecular formula is C16H28F6N2O7S2. The van der Waals surface area contributed by atoms with Gasteiger partial charge in [-0.1, -0.05) is 0 Å². The third kappa shape index (κ3) is 9.81. The van der Waals surface area contributed by atoms with E-state index in [0.29, 0.717) is 0 Å². The van der Waals surface area contributed by atoms with Gasteiger partial charge in [0.25, 0.3) is 0 Å². The topological polar surface area (TPSA) is 110 Å². The van der Waals surface area contributed by atoms with Gasteiger partial charge in [-0.3, -0.25) is 0 Å². The lowest BCUT2D eigenvalue weighted by Gasteiger charge is -2.34. The lowest BCUT2D eigenvalue weighted by Crippen LogP contribution is -2.49. The molecule has 17 heteroatoms. The van der Waals surface area contributed by atoms with Crippen LogP contribution in [-0.2, 0) is 34.3 Å². The van der Waals surface area contributed by atoms with Crippen LogP contribution in [0.3, 0.4) is 0 Å². The number of hydrogen-bond acceptors (Lipinski definition) is 7. The molecule has 2 saturated heterocycles. The van der Waals surface area contributed by atoms with Crippen LogP contribution in [0.5, 0.6) is 0 Å². The fourth-order valence-electron chi connectivity index (χ4n) is 3.28. The van der Waals surface area contributed by atoms with E-state index in [1.54, 1.807) is 7.11 Å². The lowest BCUT2D eigenvalue weighted by molar-refractivity contribution is -0.917. The molecule has 1 unspecified atom stereocenters. The summed E-state index contributed by atoms with van der Waals surface area (Å²) in [6.07, 6.45) is 6.26.